The van der Waals surface area contributed by atoms with Gasteiger partial charge in [0.15, 0.2) is 17.8 Å². The molecule has 0 aliphatic rings. The van der Waals surface area contributed by atoms with Gasteiger partial charge < -0.3 is 4.55 Å². The minimum absolute atomic E-state index is 0.0125. The lowest BCUT2D eigenvalue weighted by molar-refractivity contribution is -0.555. The van der Waals surface area contributed by atoms with Gasteiger partial charge in [-0.2, -0.15) is 13.2 Å². The Labute approximate surface area is 149 Å². The first-order valence-electron chi connectivity index (χ1n) is 6.53. The molecule has 0 heterocycles. The van der Waals surface area contributed by atoms with E-state index in [2.05, 4.69) is 71.7 Å². The summed E-state index contributed by atoms with van der Waals surface area (Å²) in [5.41, 5.74) is -3.04. The Kier molecular flexibility index (Phi) is 7.91. The van der Waals surface area contributed by atoms with Crippen molar-refractivity contribution >= 4 is 16.2 Å². The predicted octanol–water partition coefficient (Wildman–Crippen LogP) is 0.976. The van der Waals surface area contributed by atoms with E-state index in [1.165, 1.54) is 14.7 Å². The zero-order chi connectivity index (χ0) is 18.2. The first-order chi connectivity index (χ1) is 11.1. The van der Waals surface area contributed by atoms with Gasteiger partial charge in [-0.05, 0) is 30.7 Å². The van der Waals surface area contributed by atoms with Crippen LogP contribution < -0.4 is 21.2 Å². The van der Waals surface area contributed by atoms with Gasteiger partial charge in [-0.1, -0.05) is 48.0 Å². The minimum atomic E-state index is -6.09. The Hall–Kier alpha value is -1.39. The summed E-state index contributed by atoms with van der Waals surface area (Å²) >= 11 is 0.0125. The summed E-state index contributed by atoms with van der Waals surface area (Å²) in [6.07, 6.45) is 2.22. The topological polar surface area (TPSA) is 57.2 Å². The number of halogens is 4. The molecule has 0 amide bonds. The first-order valence-corrected chi connectivity index (χ1v) is 10.3. The van der Waals surface area contributed by atoms with Crippen LogP contribution in [0.15, 0.2) is 58.7 Å². The third-order valence-electron chi connectivity index (χ3n) is 2.54. The van der Waals surface area contributed by atoms with Crippen LogP contribution in [0.2, 0.25) is 0 Å². The Bertz CT molecular complexity index is 755. The largest absolute Gasteiger partial charge is 0.741 e. The van der Waals surface area contributed by atoms with Crippen LogP contribution in [-0.2, 0) is 10.1 Å². The quantitative estimate of drug-likeness (QED) is 0.382. The van der Waals surface area contributed by atoms with E-state index >= 15 is 0 Å². The van der Waals surface area contributed by atoms with Gasteiger partial charge >= 0.3 is 26.7 Å². The van der Waals surface area contributed by atoms with Crippen molar-refractivity contribution in [1.82, 2.24) is 0 Å². The molecule has 130 valence electrons. The average molecular weight is 470 g/mol. The van der Waals surface area contributed by atoms with Crippen molar-refractivity contribution in [2.45, 2.75) is 12.4 Å². The van der Waals surface area contributed by atoms with Crippen molar-refractivity contribution < 1.29 is 47.3 Å². The van der Waals surface area contributed by atoms with Gasteiger partial charge in [0, 0.05) is 0 Å². The molecule has 0 bridgehead atoms. The Balaban J connectivity index is 0.000000307. The van der Waals surface area contributed by atoms with Crippen molar-refractivity contribution in [3.05, 3.63) is 73.4 Å². The number of alkyl halides is 3. The van der Waals surface area contributed by atoms with E-state index in [-0.39, 0.29) is 21.2 Å². The monoisotopic (exact) mass is 470 g/mol. The average Bonchev–Trinajstić information content (AvgIpc) is 2.49. The van der Waals surface area contributed by atoms with E-state index in [1.54, 1.807) is 0 Å². The van der Waals surface area contributed by atoms with Crippen LogP contribution in [-0.4, -0.2) is 18.5 Å². The van der Waals surface area contributed by atoms with Crippen LogP contribution >= 0.6 is 0 Å². The van der Waals surface area contributed by atoms with Gasteiger partial charge in [0.1, 0.15) is 0 Å². The maximum absolute atomic E-state index is 10.7. The number of rotatable bonds is 3. The summed E-state index contributed by atoms with van der Waals surface area (Å²) in [6.45, 7) is 2.12. The number of hydrogen-bond acceptors (Lipinski definition) is 3. The summed E-state index contributed by atoms with van der Waals surface area (Å²) in [7, 11) is -6.09. The van der Waals surface area contributed by atoms with Crippen LogP contribution in [0, 0.1) is 10.5 Å². The molecule has 0 atom stereocenters. The molecule has 3 nitrogen and oxygen atoms in total. The third-order valence-corrected chi connectivity index (χ3v) is 5.26. The highest BCUT2D eigenvalue weighted by molar-refractivity contribution is 7.86. The summed E-state index contributed by atoms with van der Waals surface area (Å²) in [5, 5.41) is 0. The Morgan fingerprint density at radius 2 is 1.50 bits per heavy atom. The van der Waals surface area contributed by atoms with Gasteiger partial charge in [-0.15, -0.1) is 0 Å². The molecule has 0 unspecified atom stereocenters. The lowest BCUT2D eigenvalue weighted by Gasteiger charge is -2.08. The van der Waals surface area contributed by atoms with Crippen molar-refractivity contribution in [3.63, 3.8) is 0 Å². The number of aryl methyl sites for hydroxylation is 1. The molecule has 2 aromatic carbocycles. The highest BCUT2D eigenvalue weighted by atomic mass is 127. The zero-order valence-electron chi connectivity index (χ0n) is 12.5. The SMILES string of the molecule is Cc1ccc(/C=C/[I+]c2ccccc2)cc1.O=S(=O)([O-])C(F)(F)F. The molecule has 0 N–H and O–H groups in total. The standard InChI is InChI=1S/C15H14I.CHF3O3S/c1-13-7-9-14(10-8-13)11-12-16-15-5-3-2-4-6-15;2-1(3,4)8(5,6)7/h2-12H,1H3;(H,5,6,7)/q+1;/p-1/b12-11+;. The smallest absolute Gasteiger partial charge is 0.485 e. The van der Waals surface area contributed by atoms with E-state index in [1.807, 2.05) is 0 Å². The molecule has 24 heavy (non-hydrogen) atoms. The Morgan fingerprint density at radius 3 is 1.96 bits per heavy atom. The van der Waals surface area contributed by atoms with Crippen molar-refractivity contribution in [3.8, 4) is 0 Å². The highest BCUT2D eigenvalue weighted by Crippen LogP contribution is 2.20. The predicted molar refractivity (Wildman–Crippen MR) is 81.1 cm³/mol. The van der Waals surface area contributed by atoms with Crippen LogP contribution in [0.5, 0.6) is 0 Å². The van der Waals surface area contributed by atoms with E-state index in [0.29, 0.717) is 0 Å². The Morgan fingerprint density at radius 1 is 1.00 bits per heavy atom. The molecule has 0 saturated carbocycles. The summed E-state index contributed by atoms with van der Waals surface area (Å²) < 4.78 is 62.7. The molecule has 0 aliphatic carbocycles. The summed E-state index contributed by atoms with van der Waals surface area (Å²) in [6, 6.07) is 19.3. The van der Waals surface area contributed by atoms with Gasteiger partial charge in [-0.25, -0.2) is 8.42 Å². The molecule has 0 aliphatic heterocycles. The maximum Gasteiger partial charge on any atom is 0.485 e. The second kappa shape index (κ2) is 9.19. The molecular formula is C16H14F3IO3S. The minimum Gasteiger partial charge on any atom is -0.741 e. The third kappa shape index (κ3) is 7.93. The fourth-order valence-corrected chi connectivity index (χ4v) is 3.18. The van der Waals surface area contributed by atoms with Gasteiger partial charge in [0.05, 0.1) is 0 Å². The molecule has 0 radical (unpaired) electrons. The van der Waals surface area contributed by atoms with E-state index in [9.17, 15) is 13.2 Å². The molecule has 0 spiro atoms. The lowest BCUT2D eigenvalue weighted by Crippen LogP contribution is -3.59. The number of hydrogen-bond donors (Lipinski definition) is 0. The van der Waals surface area contributed by atoms with Crippen molar-refractivity contribution in [2.75, 3.05) is 0 Å². The normalized spacial score (nSPS) is 11.9. The zero-order valence-corrected chi connectivity index (χ0v) is 15.5. The maximum atomic E-state index is 10.7. The molecule has 2 rings (SSSR count). The summed E-state index contributed by atoms with van der Waals surface area (Å²) in [4.78, 5) is 0. The van der Waals surface area contributed by atoms with E-state index < -0.39 is 15.6 Å². The fourth-order valence-electron chi connectivity index (χ4n) is 1.34. The molecule has 0 fully saturated rings. The molecule has 8 heteroatoms. The van der Waals surface area contributed by atoms with Crippen LogP contribution in [0.25, 0.3) is 6.08 Å². The molecule has 0 saturated heterocycles. The van der Waals surface area contributed by atoms with E-state index in [0.717, 1.165) is 0 Å². The van der Waals surface area contributed by atoms with Crippen molar-refractivity contribution in [2.24, 2.45) is 0 Å². The van der Waals surface area contributed by atoms with Crippen LogP contribution in [0.3, 0.4) is 0 Å². The van der Waals surface area contributed by atoms with Gasteiger partial charge in [-0.3, -0.25) is 0 Å². The lowest BCUT2D eigenvalue weighted by atomic mass is 10.2. The molecule has 0 aromatic heterocycles. The molecular weight excluding hydrogens is 456 g/mol. The van der Waals surface area contributed by atoms with Gasteiger partial charge in [0.2, 0.25) is 0 Å². The van der Waals surface area contributed by atoms with Crippen LogP contribution in [0.1, 0.15) is 11.1 Å². The van der Waals surface area contributed by atoms with Crippen LogP contribution in [0.4, 0.5) is 13.2 Å². The fraction of sp³-hybridized carbons (Fsp3) is 0.125. The summed E-state index contributed by atoms with van der Waals surface area (Å²) in [5.74, 6) is 0. The first kappa shape index (κ1) is 20.7. The highest BCUT2D eigenvalue weighted by Gasteiger charge is 2.36. The second-order valence-corrected chi connectivity index (χ2v) is 8.47. The van der Waals surface area contributed by atoms with E-state index in [4.69, 9.17) is 13.0 Å². The van der Waals surface area contributed by atoms with Gasteiger partial charge in [0.25, 0.3) is 0 Å². The number of benzene rings is 2. The molecule has 2 aromatic rings. The second-order valence-electron chi connectivity index (χ2n) is 4.51. The van der Waals surface area contributed by atoms with Crippen molar-refractivity contribution in [1.29, 1.82) is 0 Å².